The number of hydrogen-bond acceptors (Lipinski definition) is 4. The maximum atomic E-state index is 12.7. The van der Waals surface area contributed by atoms with Crippen LogP contribution in [-0.4, -0.2) is 34.6 Å². The SMILES string of the molecule is CC(C)(C)OC(=O)N[C@@H]1CCC[C@H](N2Cc3ccc(N)cc3C2=O)C1. The van der Waals surface area contributed by atoms with E-state index in [1.165, 1.54) is 0 Å². The number of nitrogens with one attached hydrogen (secondary N) is 1. The van der Waals surface area contributed by atoms with E-state index in [2.05, 4.69) is 5.32 Å². The van der Waals surface area contributed by atoms with E-state index in [9.17, 15) is 9.59 Å². The van der Waals surface area contributed by atoms with Gasteiger partial charge in [-0.25, -0.2) is 4.79 Å². The van der Waals surface area contributed by atoms with Crippen molar-refractivity contribution in [3.05, 3.63) is 29.3 Å². The number of carbonyl (C=O) groups is 2. The van der Waals surface area contributed by atoms with E-state index < -0.39 is 5.60 Å². The third kappa shape index (κ3) is 4.06. The van der Waals surface area contributed by atoms with E-state index in [4.69, 9.17) is 10.5 Å². The van der Waals surface area contributed by atoms with Gasteiger partial charge < -0.3 is 20.7 Å². The lowest BCUT2D eigenvalue weighted by molar-refractivity contribution is 0.0461. The van der Waals surface area contributed by atoms with Gasteiger partial charge in [0.05, 0.1) is 0 Å². The minimum absolute atomic E-state index is 0.0372. The van der Waals surface area contributed by atoms with Crippen LogP contribution >= 0.6 is 0 Å². The van der Waals surface area contributed by atoms with Crippen molar-refractivity contribution in [1.82, 2.24) is 10.2 Å². The van der Waals surface area contributed by atoms with Crippen LogP contribution in [0.5, 0.6) is 0 Å². The fourth-order valence-electron chi connectivity index (χ4n) is 3.69. The molecule has 0 saturated heterocycles. The van der Waals surface area contributed by atoms with E-state index in [-0.39, 0.29) is 24.1 Å². The van der Waals surface area contributed by atoms with Crippen molar-refractivity contribution < 1.29 is 14.3 Å². The third-order valence-corrected chi connectivity index (χ3v) is 4.77. The first-order chi connectivity index (χ1) is 11.7. The van der Waals surface area contributed by atoms with Gasteiger partial charge in [-0.15, -0.1) is 0 Å². The molecule has 2 amide bonds. The summed E-state index contributed by atoms with van der Waals surface area (Å²) in [6.07, 6.45) is 3.23. The molecule has 0 bridgehead atoms. The number of carbonyl (C=O) groups excluding carboxylic acids is 2. The molecule has 0 radical (unpaired) electrons. The molecular formula is C19H27N3O3. The molecule has 6 heteroatoms. The normalized spacial score (nSPS) is 23.3. The van der Waals surface area contributed by atoms with Crippen molar-refractivity contribution >= 4 is 17.7 Å². The zero-order valence-electron chi connectivity index (χ0n) is 15.2. The van der Waals surface area contributed by atoms with Crippen molar-refractivity contribution in [2.24, 2.45) is 0 Å². The molecule has 2 aliphatic rings. The second-order valence-corrected chi connectivity index (χ2v) is 8.01. The van der Waals surface area contributed by atoms with Gasteiger partial charge in [-0.2, -0.15) is 0 Å². The number of rotatable bonds is 2. The molecule has 6 nitrogen and oxygen atoms in total. The molecule has 1 aliphatic carbocycles. The highest BCUT2D eigenvalue weighted by Gasteiger charge is 2.36. The lowest BCUT2D eigenvalue weighted by Crippen LogP contribution is -2.47. The molecule has 1 fully saturated rings. The molecule has 0 spiro atoms. The molecule has 136 valence electrons. The minimum atomic E-state index is -0.509. The van der Waals surface area contributed by atoms with Crippen molar-refractivity contribution in [3.63, 3.8) is 0 Å². The largest absolute Gasteiger partial charge is 0.444 e. The van der Waals surface area contributed by atoms with E-state index in [0.29, 0.717) is 17.8 Å². The molecule has 3 rings (SSSR count). The fourth-order valence-corrected chi connectivity index (χ4v) is 3.69. The van der Waals surface area contributed by atoms with Crippen molar-refractivity contribution in [1.29, 1.82) is 0 Å². The van der Waals surface area contributed by atoms with Crippen LogP contribution in [0.25, 0.3) is 0 Å². The molecule has 3 N–H and O–H groups in total. The quantitative estimate of drug-likeness (QED) is 0.807. The van der Waals surface area contributed by atoms with Crippen LogP contribution in [0.15, 0.2) is 18.2 Å². The Morgan fingerprint density at radius 1 is 1.32 bits per heavy atom. The molecule has 2 atom stereocenters. The van der Waals surface area contributed by atoms with Crippen LogP contribution in [-0.2, 0) is 11.3 Å². The maximum Gasteiger partial charge on any atom is 0.407 e. The lowest BCUT2D eigenvalue weighted by Gasteiger charge is -2.35. The second kappa shape index (κ2) is 6.58. The number of nitrogen functional groups attached to an aromatic ring is 1. The fraction of sp³-hybridized carbons (Fsp3) is 0.579. The monoisotopic (exact) mass is 345 g/mol. The number of alkyl carbamates (subject to hydrolysis) is 1. The Kier molecular flexibility index (Phi) is 4.62. The summed E-state index contributed by atoms with van der Waals surface area (Å²) in [4.78, 5) is 26.7. The predicted molar refractivity (Wildman–Crippen MR) is 96.1 cm³/mol. The Morgan fingerprint density at radius 2 is 2.08 bits per heavy atom. The topological polar surface area (TPSA) is 84.7 Å². The van der Waals surface area contributed by atoms with Crippen molar-refractivity contribution in [3.8, 4) is 0 Å². The standard InChI is InChI=1S/C19H27N3O3/c1-19(2,3)25-18(24)21-14-5-4-6-15(10-14)22-11-12-7-8-13(20)9-16(12)17(22)23/h7-9,14-15H,4-6,10-11,20H2,1-3H3,(H,21,24)/t14-,15+/m1/s1. The molecule has 1 aliphatic heterocycles. The summed E-state index contributed by atoms with van der Waals surface area (Å²) >= 11 is 0. The number of amides is 2. The summed E-state index contributed by atoms with van der Waals surface area (Å²) in [5, 5.41) is 2.95. The van der Waals surface area contributed by atoms with Crippen LogP contribution in [0.2, 0.25) is 0 Å². The summed E-state index contributed by atoms with van der Waals surface area (Å²) in [5.41, 5.74) is 7.66. The number of nitrogens with zero attached hydrogens (tertiary/aromatic N) is 1. The van der Waals surface area contributed by atoms with E-state index in [1.54, 1.807) is 6.07 Å². The first-order valence-electron chi connectivity index (χ1n) is 8.92. The highest BCUT2D eigenvalue weighted by molar-refractivity contribution is 5.99. The van der Waals surface area contributed by atoms with Crippen LogP contribution in [0, 0.1) is 0 Å². The summed E-state index contributed by atoms with van der Waals surface area (Å²) in [6.45, 7) is 6.17. The summed E-state index contributed by atoms with van der Waals surface area (Å²) in [6, 6.07) is 5.70. The van der Waals surface area contributed by atoms with Crippen LogP contribution in [0.3, 0.4) is 0 Å². The zero-order valence-corrected chi connectivity index (χ0v) is 15.2. The second-order valence-electron chi connectivity index (χ2n) is 8.01. The minimum Gasteiger partial charge on any atom is -0.444 e. The Bertz CT molecular complexity index is 681. The van der Waals surface area contributed by atoms with Gasteiger partial charge >= 0.3 is 6.09 Å². The molecule has 0 aromatic heterocycles. The van der Waals surface area contributed by atoms with E-state index >= 15 is 0 Å². The van der Waals surface area contributed by atoms with Gasteiger partial charge in [0.1, 0.15) is 5.60 Å². The Hall–Kier alpha value is -2.24. The average Bonchev–Trinajstić information content (AvgIpc) is 2.82. The van der Waals surface area contributed by atoms with Crippen LogP contribution in [0.1, 0.15) is 62.4 Å². The Morgan fingerprint density at radius 3 is 2.80 bits per heavy atom. The molecule has 1 aromatic rings. The van der Waals surface area contributed by atoms with Crippen LogP contribution in [0.4, 0.5) is 10.5 Å². The van der Waals surface area contributed by atoms with Crippen molar-refractivity contribution in [2.45, 2.75) is 70.7 Å². The third-order valence-electron chi connectivity index (χ3n) is 4.77. The number of fused-ring (bicyclic) bond motifs is 1. The van der Waals surface area contributed by atoms with Gasteiger partial charge in [0.15, 0.2) is 0 Å². The summed E-state index contributed by atoms with van der Waals surface area (Å²) in [7, 11) is 0. The van der Waals surface area contributed by atoms with Gasteiger partial charge in [-0.3, -0.25) is 4.79 Å². The van der Waals surface area contributed by atoms with Gasteiger partial charge in [0.25, 0.3) is 5.91 Å². The predicted octanol–water partition coefficient (Wildman–Crippen LogP) is 3.06. The van der Waals surface area contributed by atoms with Gasteiger partial charge in [-0.05, 0) is 64.2 Å². The van der Waals surface area contributed by atoms with Gasteiger partial charge in [-0.1, -0.05) is 6.07 Å². The molecule has 0 unspecified atom stereocenters. The van der Waals surface area contributed by atoms with Crippen LogP contribution < -0.4 is 11.1 Å². The first kappa shape index (κ1) is 17.6. The number of ether oxygens (including phenoxy) is 1. The Labute approximate surface area is 148 Å². The van der Waals surface area contributed by atoms with Gasteiger partial charge in [0, 0.05) is 29.9 Å². The highest BCUT2D eigenvalue weighted by atomic mass is 16.6. The molecule has 25 heavy (non-hydrogen) atoms. The lowest BCUT2D eigenvalue weighted by atomic mass is 9.90. The molecule has 1 aromatic carbocycles. The molecule has 1 saturated carbocycles. The summed E-state index contributed by atoms with van der Waals surface area (Å²) in [5.74, 6) is 0.0465. The van der Waals surface area contributed by atoms with Crippen molar-refractivity contribution in [2.75, 3.05) is 5.73 Å². The van der Waals surface area contributed by atoms with Gasteiger partial charge in [0.2, 0.25) is 0 Å². The van der Waals surface area contributed by atoms with E-state index in [0.717, 1.165) is 31.2 Å². The number of benzene rings is 1. The first-order valence-corrected chi connectivity index (χ1v) is 8.92. The molecular weight excluding hydrogens is 318 g/mol. The van der Waals surface area contributed by atoms with E-state index in [1.807, 2.05) is 37.8 Å². The Balaban J connectivity index is 1.63. The zero-order chi connectivity index (χ0) is 18.2. The number of nitrogens with two attached hydrogens (primary N) is 1. The average molecular weight is 345 g/mol. The number of hydrogen-bond donors (Lipinski definition) is 2. The molecule has 1 heterocycles. The number of anilines is 1. The highest BCUT2D eigenvalue weighted by Crippen LogP contribution is 2.32. The maximum absolute atomic E-state index is 12.7. The smallest absolute Gasteiger partial charge is 0.407 e. The summed E-state index contributed by atoms with van der Waals surface area (Å²) < 4.78 is 5.34.